The largest absolute Gasteiger partial charge is 0.338 e. The molecule has 0 radical (unpaired) electrons. The Hall–Kier alpha value is -2.19. The molecule has 2 amide bonds. The summed E-state index contributed by atoms with van der Waals surface area (Å²) in [6.45, 7) is 0.490. The molecule has 0 unspecified atom stereocenters. The number of fused-ring (bicyclic) bond motifs is 1. The molecule has 1 heterocycles. The Bertz CT molecular complexity index is 762. The van der Waals surface area contributed by atoms with E-state index in [1.807, 2.05) is 30.3 Å². The van der Waals surface area contributed by atoms with Crippen molar-refractivity contribution in [1.82, 2.24) is 15.6 Å². The third-order valence-electron chi connectivity index (χ3n) is 2.96. The van der Waals surface area contributed by atoms with Gasteiger partial charge in [0.2, 0.25) is 0 Å². The van der Waals surface area contributed by atoms with E-state index in [4.69, 9.17) is 4.55 Å². The molecule has 0 spiro atoms. The van der Waals surface area contributed by atoms with Crippen LogP contribution in [0.15, 0.2) is 36.5 Å². The van der Waals surface area contributed by atoms with Crippen molar-refractivity contribution in [2.45, 2.75) is 13.0 Å². The molecular formula is C14H17N3O4S. The molecule has 118 valence electrons. The van der Waals surface area contributed by atoms with Crippen LogP contribution in [0.1, 0.15) is 12.0 Å². The van der Waals surface area contributed by atoms with Gasteiger partial charge in [-0.15, -0.1) is 0 Å². The smallest absolute Gasteiger partial charge is 0.315 e. The second-order valence-electron chi connectivity index (χ2n) is 4.79. The fraction of sp³-hybridized carbons (Fsp3) is 0.286. The van der Waals surface area contributed by atoms with Crippen molar-refractivity contribution in [2.24, 2.45) is 0 Å². The number of aromatic nitrogens is 1. The SMILES string of the molecule is O=C(NCCCS(=O)(=O)O)NCc1cnc2ccccc2c1. The molecule has 1 aromatic carbocycles. The first kappa shape index (κ1) is 16.2. The number of amides is 2. The van der Waals surface area contributed by atoms with E-state index in [0.29, 0.717) is 6.54 Å². The number of rotatable bonds is 6. The molecule has 0 fully saturated rings. The molecule has 22 heavy (non-hydrogen) atoms. The molecule has 1 aromatic heterocycles. The van der Waals surface area contributed by atoms with Gasteiger partial charge in [0.15, 0.2) is 0 Å². The Morgan fingerprint density at radius 3 is 2.77 bits per heavy atom. The zero-order valence-corrected chi connectivity index (χ0v) is 12.6. The Labute approximate surface area is 128 Å². The normalized spacial score (nSPS) is 11.3. The zero-order chi connectivity index (χ0) is 16.0. The molecular weight excluding hydrogens is 306 g/mol. The van der Waals surface area contributed by atoms with E-state index in [0.717, 1.165) is 16.5 Å². The molecule has 8 heteroatoms. The van der Waals surface area contributed by atoms with Crippen LogP contribution in [-0.4, -0.2) is 36.3 Å². The van der Waals surface area contributed by atoms with Crippen LogP contribution in [0.2, 0.25) is 0 Å². The molecule has 2 rings (SSSR count). The van der Waals surface area contributed by atoms with Gasteiger partial charge in [0, 0.05) is 24.7 Å². The van der Waals surface area contributed by atoms with Crippen LogP contribution in [0.5, 0.6) is 0 Å². The summed E-state index contributed by atoms with van der Waals surface area (Å²) in [5, 5.41) is 6.17. The number of urea groups is 1. The molecule has 0 saturated carbocycles. The van der Waals surface area contributed by atoms with E-state index in [1.165, 1.54) is 0 Å². The highest BCUT2D eigenvalue weighted by atomic mass is 32.2. The van der Waals surface area contributed by atoms with Gasteiger partial charge in [-0.2, -0.15) is 8.42 Å². The van der Waals surface area contributed by atoms with Gasteiger partial charge >= 0.3 is 6.03 Å². The third kappa shape index (κ3) is 5.30. The summed E-state index contributed by atoms with van der Waals surface area (Å²) >= 11 is 0. The zero-order valence-electron chi connectivity index (χ0n) is 11.8. The first-order chi connectivity index (χ1) is 10.4. The molecule has 0 aliphatic carbocycles. The van der Waals surface area contributed by atoms with Crippen molar-refractivity contribution >= 4 is 27.1 Å². The van der Waals surface area contributed by atoms with E-state index < -0.39 is 16.1 Å². The predicted molar refractivity (Wildman–Crippen MR) is 83.0 cm³/mol. The van der Waals surface area contributed by atoms with Crippen LogP contribution in [0.3, 0.4) is 0 Å². The molecule has 0 aliphatic heterocycles. The highest BCUT2D eigenvalue weighted by Gasteiger charge is 2.05. The summed E-state index contributed by atoms with van der Waals surface area (Å²) in [4.78, 5) is 15.8. The van der Waals surface area contributed by atoms with Crippen LogP contribution in [0, 0.1) is 0 Å². The van der Waals surface area contributed by atoms with Crippen molar-refractivity contribution in [2.75, 3.05) is 12.3 Å². The standard InChI is InChI=1S/C14H17N3O4S/c18-14(15-6-3-7-22(19,20)21)17-10-11-8-12-4-1-2-5-13(12)16-9-11/h1-2,4-5,8-9H,3,6-7,10H2,(H2,15,17,18)(H,19,20,21). The lowest BCUT2D eigenvalue weighted by Crippen LogP contribution is -2.36. The van der Waals surface area contributed by atoms with Crippen LogP contribution in [-0.2, 0) is 16.7 Å². The fourth-order valence-corrected chi connectivity index (χ4v) is 2.42. The van der Waals surface area contributed by atoms with Crippen molar-refractivity contribution in [1.29, 1.82) is 0 Å². The van der Waals surface area contributed by atoms with E-state index >= 15 is 0 Å². The van der Waals surface area contributed by atoms with Gasteiger partial charge in [-0.05, 0) is 24.1 Å². The van der Waals surface area contributed by atoms with Crippen LogP contribution in [0.4, 0.5) is 4.79 Å². The lowest BCUT2D eigenvalue weighted by atomic mass is 10.1. The molecule has 0 atom stereocenters. The molecule has 7 nitrogen and oxygen atoms in total. The molecule has 2 aromatic rings. The van der Waals surface area contributed by atoms with Gasteiger partial charge in [0.25, 0.3) is 10.1 Å². The Kier molecular flexibility index (Phi) is 5.29. The van der Waals surface area contributed by atoms with Gasteiger partial charge in [0.1, 0.15) is 0 Å². The fourth-order valence-electron chi connectivity index (χ4n) is 1.91. The first-order valence-corrected chi connectivity index (χ1v) is 8.35. The van der Waals surface area contributed by atoms with E-state index in [1.54, 1.807) is 6.20 Å². The van der Waals surface area contributed by atoms with E-state index in [-0.39, 0.29) is 18.7 Å². The highest BCUT2D eigenvalue weighted by Crippen LogP contribution is 2.12. The summed E-state index contributed by atoms with van der Waals surface area (Å²) in [5.41, 5.74) is 1.76. The number of carbonyl (C=O) groups excluding carboxylic acids is 1. The van der Waals surface area contributed by atoms with Gasteiger partial charge in [-0.25, -0.2) is 4.79 Å². The second kappa shape index (κ2) is 7.19. The minimum absolute atomic E-state index is 0.157. The number of hydrogen-bond donors (Lipinski definition) is 3. The minimum Gasteiger partial charge on any atom is -0.338 e. The molecule has 0 saturated heterocycles. The molecule has 0 aliphatic rings. The summed E-state index contributed by atoms with van der Waals surface area (Å²) in [7, 11) is -3.98. The van der Waals surface area contributed by atoms with Crippen molar-refractivity contribution in [3.63, 3.8) is 0 Å². The van der Waals surface area contributed by atoms with Crippen LogP contribution >= 0.6 is 0 Å². The predicted octanol–water partition coefficient (Wildman–Crippen LogP) is 1.31. The lowest BCUT2D eigenvalue weighted by Gasteiger charge is -2.07. The number of hydrogen-bond acceptors (Lipinski definition) is 4. The van der Waals surface area contributed by atoms with Crippen molar-refractivity contribution in [3.8, 4) is 0 Å². The first-order valence-electron chi connectivity index (χ1n) is 6.74. The molecule has 0 bridgehead atoms. The average Bonchev–Trinajstić information content (AvgIpc) is 2.48. The van der Waals surface area contributed by atoms with Crippen LogP contribution in [0.25, 0.3) is 10.9 Å². The topological polar surface area (TPSA) is 108 Å². The number of benzene rings is 1. The number of nitrogens with one attached hydrogen (secondary N) is 2. The number of para-hydroxylation sites is 1. The number of pyridine rings is 1. The van der Waals surface area contributed by atoms with Crippen molar-refractivity contribution < 1.29 is 17.8 Å². The van der Waals surface area contributed by atoms with Crippen molar-refractivity contribution in [3.05, 3.63) is 42.1 Å². The second-order valence-corrected chi connectivity index (χ2v) is 6.36. The van der Waals surface area contributed by atoms with Gasteiger partial charge < -0.3 is 10.6 Å². The maximum atomic E-state index is 11.5. The third-order valence-corrected chi connectivity index (χ3v) is 3.77. The highest BCUT2D eigenvalue weighted by molar-refractivity contribution is 7.85. The maximum Gasteiger partial charge on any atom is 0.315 e. The summed E-state index contributed by atoms with van der Waals surface area (Å²) < 4.78 is 29.6. The maximum absolute atomic E-state index is 11.5. The Balaban J connectivity index is 1.77. The monoisotopic (exact) mass is 323 g/mol. The summed E-state index contributed by atoms with van der Waals surface area (Å²) in [6, 6.07) is 9.23. The lowest BCUT2D eigenvalue weighted by molar-refractivity contribution is 0.240. The Morgan fingerprint density at radius 1 is 1.23 bits per heavy atom. The van der Waals surface area contributed by atoms with E-state index in [2.05, 4.69) is 15.6 Å². The van der Waals surface area contributed by atoms with Gasteiger partial charge in [-0.1, -0.05) is 18.2 Å². The van der Waals surface area contributed by atoms with Gasteiger partial charge in [-0.3, -0.25) is 9.54 Å². The minimum atomic E-state index is -3.98. The summed E-state index contributed by atoms with van der Waals surface area (Å²) in [5.74, 6) is -0.373. The number of nitrogens with zero attached hydrogens (tertiary/aromatic N) is 1. The van der Waals surface area contributed by atoms with E-state index in [9.17, 15) is 13.2 Å². The van der Waals surface area contributed by atoms with Crippen LogP contribution < -0.4 is 10.6 Å². The van der Waals surface area contributed by atoms with Gasteiger partial charge in [0.05, 0.1) is 11.3 Å². The Morgan fingerprint density at radius 2 is 2.00 bits per heavy atom. The quantitative estimate of drug-likeness (QED) is 0.549. The summed E-state index contributed by atoms with van der Waals surface area (Å²) in [6.07, 6.45) is 1.85. The average molecular weight is 323 g/mol. The number of carbonyl (C=O) groups is 1. The molecule has 3 N–H and O–H groups in total.